The van der Waals surface area contributed by atoms with E-state index < -0.39 is 0 Å². The Kier molecular flexibility index (Phi) is 3.46. The molecular formula is C14H18ClNO2. The Morgan fingerprint density at radius 1 is 1.33 bits per heavy atom. The lowest BCUT2D eigenvalue weighted by atomic mass is 9.89. The highest BCUT2D eigenvalue weighted by molar-refractivity contribution is 6.30. The fourth-order valence-electron chi connectivity index (χ4n) is 2.84. The van der Waals surface area contributed by atoms with E-state index in [1.54, 1.807) is 0 Å². The summed E-state index contributed by atoms with van der Waals surface area (Å²) in [6, 6.07) is 7.57. The van der Waals surface area contributed by atoms with Gasteiger partial charge in [-0.25, -0.2) is 0 Å². The molecule has 3 rings (SSSR count). The minimum Gasteiger partial charge on any atom is -0.488 e. The summed E-state index contributed by atoms with van der Waals surface area (Å²) in [6.07, 6.45) is 3.31. The monoisotopic (exact) mass is 267 g/mol. The maximum Gasteiger partial charge on any atom is 0.125 e. The molecule has 0 saturated carbocycles. The Balaban J connectivity index is 1.62. The summed E-state index contributed by atoms with van der Waals surface area (Å²) in [5, 5.41) is 4.08. The van der Waals surface area contributed by atoms with E-state index in [1.165, 1.54) is 0 Å². The molecule has 2 heterocycles. The molecule has 1 atom stereocenters. The van der Waals surface area contributed by atoms with Gasteiger partial charge < -0.3 is 14.8 Å². The fourth-order valence-corrected chi connectivity index (χ4v) is 3.02. The molecule has 4 heteroatoms. The Labute approximate surface area is 112 Å². The largest absolute Gasteiger partial charge is 0.488 e. The van der Waals surface area contributed by atoms with Crippen molar-refractivity contribution in [2.45, 2.75) is 31.0 Å². The number of nitrogens with one attached hydrogen (secondary N) is 1. The number of hydrogen-bond acceptors (Lipinski definition) is 3. The Bertz CT molecular complexity index is 418. The third kappa shape index (κ3) is 2.63. The Morgan fingerprint density at radius 3 is 2.94 bits per heavy atom. The van der Waals surface area contributed by atoms with Crippen LogP contribution in [-0.4, -0.2) is 31.4 Å². The topological polar surface area (TPSA) is 30.5 Å². The van der Waals surface area contributed by atoms with E-state index in [-0.39, 0.29) is 11.7 Å². The van der Waals surface area contributed by atoms with Crippen LogP contribution in [0.2, 0.25) is 5.02 Å². The quantitative estimate of drug-likeness (QED) is 0.894. The van der Waals surface area contributed by atoms with Gasteiger partial charge in [0.25, 0.3) is 0 Å². The summed E-state index contributed by atoms with van der Waals surface area (Å²) in [4.78, 5) is 0. The second-order valence-electron chi connectivity index (χ2n) is 5.15. The number of ether oxygens (including phenoxy) is 2. The van der Waals surface area contributed by atoms with Gasteiger partial charge in [0.1, 0.15) is 11.9 Å². The molecule has 18 heavy (non-hydrogen) atoms. The zero-order valence-electron chi connectivity index (χ0n) is 10.3. The van der Waals surface area contributed by atoms with Crippen molar-refractivity contribution in [1.29, 1.82) is 0 Å². The van der Waals surface area contributed by atoms with Crippen LogP contribution in [0.4, 0.5) is 0 Å². The van der Waals surface area contributed by atoms with Crippen LogP contribution in [0.5, 0.6) is 5.75 Å². The van der Waals surface area contributed by atoms with Gasteiger partial charge in [-0.1, -0.05) is 17.7 Å². The molecule has 98 valence electrons. The molecule has 1 aromatic rings. The maximum atomic E-state index is 6.00. The lowest BCUT2D eigenvalue weighted by Crippen LogP contribution is -2.41. The highest BCUT2D eigenvalue weighted by atomic mass is 35.5. The van der Waals surface area contributed by atoms with Gasteiger partial charge in [-0.2, -0.15) is 0 Å². The zero-order chi connectivity index (χ0) is 12.4. The first kappa shape index (κ1) is 12.3. The van der Waals surface area contributed by atoms with Gasteiger partial charge in [0.2, 0.25) is 0 Å². The second-order valence-corrected chi connectivity index (χ2v) is 5.58. The van der Waals surface area contributed by atoms with Gasteiger partial charge in [0, 0.05) is 11.4 Å². The highest BCUT2D eigenvalue weighted by Crippen LogP contribution is 2.35. The van der Waals surface area contributed by atoms with Crippen LogP contribution in [0, 0.1) is 0 Å². The highest BCUT2D eigenvalue weighted by Gasteiger charge is 2.42. The summed E-state index contributed by atoms with van der Waals surface area (Å²) in [6.45, 7) is 2.78. The van der Waals surface area contributed by atoms with E-state index >= 15 is 0 Å². The summed E-state index contributed by atoms with van der Waals surface area (Å²) < 4.78 is 12.0. The van der Waals surface area contributed by atoms with Gasteiger partial charge in [-0.15, -0.1) is 0 Å². The number of rotatable bonds is 2. The molecule has 0 aliphatic carbocycles. The lowest BCUT2D eigenvalue weighted by molar-refractivity contribution is -0.0205. The minimum absolute atomic E-state index is 0.0501. The Morgan fingerprint density at radius 2 is 2.17 bits per heavy atom. The molecule has 1 spiro atoms. The number of halogens is 1. The van der Waals surface area contributed by atoms with Crippen molar-refractivity contribution >= 4 is 11.6 Å². The smallest absolute Gasteiger partial charge is 0.125 e. The van der Waals surface area contributed by atoms with E-state index in [0.717, 1.165) is 38.1 Å². The first-order chi connectivity index (χ1) is 8.76. The SMILES string of the molecule is Clc1cccc(O[C@H]2COC3(CCNCC3)C2)c1. The first-order valence-corrected chi connectivity index (χ1v) is 6.91. The molecule has 1 N–H and O–H groups in total. The third-order valence-corrected chi connectivity index (χ3v) is 4.02. The van der Waals surface area contributed by atoms with E-state index in [2.05, 4.69) is 5.32 Å². The van der Waals surface area contributed by atoms with Crippen molar-refractivity contribution in [1.82, 2.24) is 5.32 Å². The molecule has 1 aromatic carbocycles. The standard InChI is InChI=1S/C14H18ClNO2/c15-11-2-1-3-12(8-11)18-13-9-14(17-10-13)4-6-16-7-5-14/h1-3,8,13,16H,4-7,9-10H2/t13-/m1/s1. The van der Waals surface area contributed by atoms with E-state index in [1.807, 2.05) is 24.3 Å². The fraction of sp³-hybridized carbons (Fsp3) is 0.571. The predicted molar refractivity (Wildman–Crippen MR) is 71.3 cm³/mol. The van der Waals surface area contributed by atoms with Crippen LogP contribution in [0.25, 0.3) is 0 Å². The molecule has 0 bridgehead atoms. The van der Waals surface area contributed by atoms with Crippen molar-refractivity contribution in [3.63, 3.8) is 0 Å². The van der Waals surface area contributed by atoms with Crippen molar-refractivity contribution in [3.8, 4) is 5.75 Å². The maximum absolute atomic E-state index is 6.00. The lowest BCUT2D eigenvalue weighted by Gasteiger charge is -2.32. The molecule has 2 aliphatic heterocycles. The van der Waals surface area contributed by atoms with Crippen LogP contribution in [0.15, 0.2) is 24.3 Å². The van der Waals surface area contributed by atoms with Gasteiger partial charge in [0.15, 0.2) is 0 Å². The normalized spacial score (nSPS) is 26.4. The summed E-state index contributed by atoms with van der Waals surface area (Å²) in [5.41, 5.74) is 0.0501. The molecule has 0 aromatic heterocycles. The molecule has 2 saturated heterocycles. The molecule has 3 nitrogen and oxygen atoms in total. The van der Waals surface area contributed by atoms with Crippen molar-refractivity contribution in [2.75, 3.05) is 19.7 Å². The van der Waals surface area contributed by atoms with Gasteiger partial charge >= 0.3 is 0 Å². The van der Waals surface area contributed by atoms with E-state index in [4.69, 9.17) is 21.1 Å². The van der Waals surface area contributed by atoms with Gasteiger partial charge in [-0.05, 0) is 44.1 Å². The van der Waals surface area contributed by atoms with Crippen LogP contribution >= 0.6 is 11.6 Å². The van der Waals surface area contributed by atoms with E-state index in [0.29, 0.717) is 11.6 Å². The first-order valence-electron chi connectivity index (χ1n) is 6.53. The number of piperidine rings is 1. The van der Waals surface area contributed by atoms with Crippen LogP contribution in [0.1, 0.15) is 19.3 Å². The molecule has 2 fully saturated rings. The molecular weight excluding hydrogens is 250 g/mol. The molecule has 0 radical (unpaired) electrons. The predicted octanol–water partition coefficient (Wildman–Crippen LogP) is 2.63. The van der Waals surface area contributed by atoms with Crippen LogP contribution in [0.3, 0.4) is 0 Å². The van der Waals surface area contributed by atoms with Crippen molar-refractivity contribution < 1.29 is 9.47 Å². The average molecular weight is 268 g/mol. The van der Waals surface area contributed by atoms with Gasteiger partial charge in [-0.3, -0.25) is 0 Å². The van der Waals surface area contributed by atoms with Crippen molar-refractivity contribution in [3.05, 3.63) is 29.3 Å². The van der Waals surface area contributed by atoms with Crippen molar-refractivity contribution in [2.24, 2.45) is 0 Å². The molecule has 0 amide bonds. The summed E-state index contributed by atoms with van der Waals surface area (Å²) in [7, 11) is 0. The zero-order valence-corrected chi connectivity index (χ0v) is 11.1. The number of benzene rings is 1. The summed E-state index contributed by atoms with van der Waals surface area (Å²) >= 11 is 5.95. The Hall–Kier alpha value is -0.770. The van der Waals surface area contributed by atoms with Crippen LogP contribution < -0.4 is 10.1 Å². The number of hydrogen-bond donors (Lipinski definition) is 1. The average Bonchev–Trinajstić information content (AvgIpc) is 2.73. The summed E-state index contributed by atoms with van der Waals surface area (Å²) in [5.74, 6) is 0.835. The van der Waals surface area contributed by atoms with Crippen LogP contribution in [-0.2, 0) is 4.74 Å². The van der Waals surface area contributed by atoms with Gasteiger partial charge in [0.05, 0.1) is 12.2 Å². The molecule has 0 unspecified atom stereocenters. The van der Waals surface area contributed by atoms with E-state index in [9.17, 15) is 0 Å². The minimum atomic E-state index is 0.0501. The second kappa shape index (κ2) is 5.08. The third-order valence-electron chi connectivity index (χ3n) is 3.79. The molecule has 2 aliphatic rings.